The van der Waals surface area contributed by atoms with E-state index < -0.39 is 0 Å². The third-order valence-corrected chi connectivity index (χ3v) is 6.60. The summed E-state index contributed by atoms with van der Waals surface area (Å²) >= 11 is 1.40. The molecule has 0 fully saturated rings. The number of nitrogens with one attached hydrogen (secondary N) is 1. The van der Waals surface area contributed by atoms with Crippen LogP contribution >= 0.6 is 11.8 Å². The number of anilines is 1. The standard InChI is InChI=1S/C26H30N6OS/c1-17(2)32-23(13-14-27-32)28-25(33)20(5)34-26-30-29-24(16-21-9-7-6-8-10-21)31(26)22-12-11-18(3)15-19(22)4/h6-15,17,20H,16H2,1-5H3,(H,28,33). The molecule has 0 saturated heterocycles. The van der Waals surface area contributed by atoms with Crippen LogP contribution in [0.4, 0.5) is 5.82 Å². The molecule has 34 heavy (non-hydrogen) atoms. The van der Waals surface area contributed by atoms with E-state index in [2.05, 4.69) is 69.4 Å². The second-order valence-corrected chi connectivity index (χ2v) is 10.00. The lowest BCUT2D eigenvalue weighted by Gasteiger charge is -2.17. The number of carbonyl (C=O) groups excluding carboxylic acids is 1. The molecular formula is C26H30N6OS. The van der Waals surface area contributed by atoms with Crippen LogP contribution < -0.4 is 5.32 Å². The number of hydrogen-bond donors (Lipinski definition) is 1. The fourth-order valence-corrected chi connectivity index (χ4v) is 4.71. The molecule has 0 aliphatic carbocycles. The molecule has 1 N–H and O–H groups in total. The molecule has 2 aromatic heterocycles. The topological polar surface area (TPSA) is 77.6 Å². The summed E-state index contributed by atoms with van der Waals surface area (Å²) in [6.45, 7) is 10.1. The maximum atomic E-state index is 13.0. The molecule has 1 atom stereocenters. The van der Waals surface area contributed by atoms with Crippen LogP contribution in [-0.2, 0) is 11.2 Å². The quantitative estimate of drug-likeness (QED) is 0.347. The van der Waals surface area contributed by atoms with E-state index in [1.54, 1.807) is 10.9 Å². The molecule has 176 valence electrons. The van der Waals surface area contributed by atoms with Gasteiger partial charge in [0.1, 0.15) is 11.6 Å². The van der Waals surface area contributed by atoms with Crippen molar-refractivity contribution in [3.63, 3.8) is 0 Å². The van der Waals surface area contributed by atoms with Crippen LogP contribution in [0.25, 0.3) is 5.69 Å². The van der Waals surface area contributed by atoms with Gasteiger partial charge in [0.25, 0.3) is 0 Å². The molecule has 8 heteroatoms. The highest BCUT2D eigenvalue weighted by Crippen LogP contribution is 2.29. The maximum Gasteiger partial charge on any atom is 0.238 e. The van der Waals surface area contributed by atoms with E-state index in [9.17, 15) is 4.79 Å². The van der Waals surface area contributed by atoms with Crippen molar-refractivity contribution in [2.75, 3.05) is 5.32 Å². The zero-order valence-electron chi connectivity index (χ0n) is 20.2. The monoisotopic (exact) mass is 474 g/mol. The molecule has 0 radical (unpaired) electrons. The van der Waals surface area contributed by atoms with Crippen LogP contribution in [0.3, 0.4) is 0 Å². The van der Waals surface area contributed by atoms with Crippen molar-refractivity contribution >= 4 is 23.5 Å². The summed E-state index contributed by atoms with van der Waals surface area (Å²) in [6, 6.07) is 18.5. The van der Waals surface area contributed by atoms with E-state index in [4.69, 9.17) is 0 Å². The predicted octanol–water partition coefficient (Wildman–Crippen LogP) is 5.37. The van der Waals surface area contributed by atoms with Gasteiger partial charge in [0.05, 0.1) is 17.1 Å². The number of amides is 1. The van der Waals surface area contributed by atoms with Gasteiger partial charge in [-0.05, 0) is 51.8 Å². The van der Waals surface area contributed by atoms with Gasteiger partial charge in [0.15, 0.2) is 5.16 Å². The zero-order valence-corrected chi connectivity index (χ0v) is 21.0. The van der Waals surface area contributed by atoms with E-state index in [0.29, 0.717) is 17.4 Å². The maximum absolute atomic E-state index is 13.0. The number of aryl methyl sites for hydroxylation is 2. The van der Waals surface area contributed by atoms with Gasteiger partial charge in [0.2, 0.25) is 5.91 Å². The van der Waals surface area contributed by atoms with Gasteiger partial charge in [-0.25, -0.2) is 4.68 Å². The number of benzene rings is 2. The Kier molecular flexibility index (Phi) is 7.17. The Morgan fingerprint density at radius 2 is 1.79 bits per heavy atom. The van der Waals surface area contributed by atoms with E-state index >= 15 is 0 Å². The minimum absolute atomic E-state index is 0.104. The van der Waals surface area contributed by atoms with Crippen molar-refractivity contribution in [3.05, 3.63) is 83.3 Å². The predicted molar refractivity (Wildman–Crippen MR) is 137 cm³/mol. The SMILES string of the molecule is Cc1ccc(-n2c(Cc3ccccc3)nnc2SC(C)C(=O)Nc2ccnn2C(C)C)c(C)c1. The van der Waals surface area contributed by atoms with Crippen molar-refractivity contribution in [3.8, 4) is 5.69 Å². The Hall–Kier alpha value is -3.39. The lowest BCUT2D eigenvalue weighted by Crippen LogP contribution is -2.25. The number of nitrogens with zero attached hydrogens (tertiary/aromatic N) is 5. The van der Waals surface area contributed by atoms with Crippen molar-refractivity contribution in [1.29, 1.82) is 0 Å². The van der Waals surface area contributed by atoms with Crippen molar-refractivity contribution < 1.29 is 4.79 Å². The number of thioether (sulfide) groups is 1. The smallest absolute Gasteiger partial charge is 0.238 e. The minimum atomic E-state index is -0.381. The summed E-state index contributed by atoms with van der Waals surface area (Å²) in [4.78, 5) is 13.0. The van der Waals surface area contributed by atoms with Gasteiger partial charge in [-0.3, -0.25) is 9.36 Å². The molecule has 4 rings (SSSR count). The Balaban J connectivity index is 1.63. The second-order valence-electron chi connectivity index (χ2n) is 8.69. The van der Waals surface area contributed by atoms with E-state index in [1.807, 2.05) is 45.0 Å². The van der Waals surface area contributed by atoms with Gasteiger partial charge in [0, 0.05) is 18.5 Å². The first-order chi connectivity index (χ1) is 16.3. The molecule has 1 amide bonds. The Bertz CT molecular complexity index is 1280. The van der Waals surface area contributed by atoms with E-state index in [-0.39, 0.29) is 17.2 Å². The van der Waals surface area contributed by atoms with Crippen LogP contribution in [0, 0.1) is 13.8 Å². The molecule has 0 saturated carbocycles. The Morgan fingerprint density at radius 3 is 2.50 bits per heavy atom. The van der Waals surface area contributed by atoms with Crippen LogP contribution in [0.1, 0.15) is 49.3 Å². The molecule has 0 bridgehead atoms. The average Bonchev–Trinajstić information content (AvgIpc) is 3.42. The van der Waals surface area contributed by atoms with Gasteiger partial charge in [-0.1, -0.05) is 59.8 Å². The van der Waals surface area contributed by atoms with Crippen LogP contribution in [0.5, 0.6) is 0 Å². The highest BCUT2D eigenvalue weighted by atomic mass is 32.2. The Labute approximate surface area is 204 Å². The number of hydrogen-bond acceptors (Lipinski definition) is 5. The molecule has 2 aromatic carbocycles. The second kappa shape index (κ2) is 10.3. The van der Waals surface area contributed by atoms with Crippen LogP contribution in [-0.4, -0.2) is 35.7 Å². The van der Waals surface area contributed by atoms with Crippen molar-refractivity contribution in [1.82, 2.24) is 24.5 Å². The third kappa shape index (κ3) is 5.22. The van der Waals surface area contributed by atoms with Gasteiger partial charge >= 0.3 is 0 Å². The number of rotatable bonds is 8. The highest BCUT2D eigenvalue weighted by molar-refractivity contribution is 8.00. The first kappa shape index (κ1) is 23.8. The fraction of sp³-hybridized carbons (Fsp3) is 0.308. The van der Waals surface area contributed by atoms with Crippen molar-refractivity contribution in [2.24, 2.45) is 0 Å². The lowest BCUT2D eigenvalue weighted by atomic mass is 10.1. The van der Waals surface area contributed by atoms with Gasteiger partial charge in [-0.15, -0.1) is 10.2 Å². The van der Waals surface area contributed by atoms with Gasteiger partial charge < -0.3 is 5.32 Å². The summed E-state index contributed by atoms with van der Waals surface area (Å²) in [5.74, 6) is 1.42. The molecule has 2 heterocycles. The lowest BCUT2D eigenvalue weighted by molar-refractivity contribution is -0.115. The molecule has 0 aliphatic heterocycles. The summed E-state index contributed by atoms with van der Waals surface area (Å²) in [6.07, 6.45) is 2.34. The molecule has 7 nitrogen and oxygen atoms in total. The van der Waals surface area contributed by atoms with E-state index in [0.717, 1.165) is 22.6 Å². The average molecular weight is 475 g/mol. The summed E-state index contributed by atoms with van der Waals surface area (Å²) < 4.78 is 3.88. The van der Waals surface area contributed by atoms with Crippen molar-refractivity contribution in [2.45, 2.75) is 57.5 Å². The summed E-state index contributed by atoms with van der Waals surface area (Å²) in [7, 11) is 0. The fourth-order valence-electron chi connectivity index (χ4n) is 3.83. The normalized spacial score (nSPS) is 12.2. The van der Waals surface area contributed by atoms with Crippen LogP contribution in [0.2, 0.25) is 0 Å². The highest BCUT2D eigenvalue weighted by Gasteiger charge is 2.23. The summed E-state index contributed by atoms with van der Waals surface area (Å²) in [5.41, 5.74) is 4.51. The van der Waals surface area contributed by atoms with Gasteiger partial charge in [-0.2, -0.15) is 5.10 Å². The Morgan fingerprint density at radius 1 is 1.03 bits per heavy atom. The van der Waals surface area contributed by atoms with Crippen LogP contribution in [0.15, 0.2) is 66.0 Å². The number of carbonyl (C=O) groups is 1. The minimum Gasteiger partial charge on any atom is -0.310 e. The third-order valence-electron chi connectivity index (χ3n) is 5.56. The molecule has 4 aromatic rings. The van der Waals surface area contributed by atoms with E-state index in [1.165, 1.54) is 17.3 Å². The first-order valence-corrected chi connectivity index (χ1v) is 12.3. The number of aromatic nitrogens is 5. The largest absolute Gasteiger partial charge is 0.310 e. The first-order valence-electron chi connectivity index (χ1n) is 11.4. The molecule has 0 spiro atoms. The summed E-state index contributed by atoms with van der Waals surface area (Å²) in [5, 5.41) is 16.6. The zero-order chi connectivity index (χ0) is 24.2. The molecule has 0 aliphatic rings. The molecular weight excluding hydrogens is 444 g/mol. The molecule has 1 unspecified atom stereocenters.